The van der Waals surface area contributed by atoms with E-state index in [1.54, 1.807) is 182 Å². The second-order valence-electron chi connectivity index (χ2n) is 31.0. The first-order valence-electron chi connectivity index (χ1n) is 41.5. The van der Waals surface area contributed by atoms with Gasteiger partial charge in [0, 0.05) is 30.2 Å². The van der Waals surface area contributed by atoms with Crippen LogP contribution in [-0.4, -0.2) is 184 Å². The number of fused-ring (bicyclic) bond motifs is 10. The highest BCUT2D eigenvalue weighted by Gasteiger charge is 2.56. The highest BCUT2D eigenvalue weighted by molar-refractivity contribution is 6.00. The molecule has 8 aliphatic rings. The number of benzene rings is 3. The van der Waals surface area contributed by atoms with Crippen LogP contribution in [-0.2, 0) is 74.9 Å². The van der Waals surface area contributed by atoms with Gasteiger partial charge in [0.25, 0.3) is 11.5 Å². The van der Waals surface area contributed by atoms with Crippen LogP contribution >= 0.6 is 0 Å². The van der Waals surface area contributed by atoms with Crippen molar-refractivity contribution in [1.29, 1.82) is 0 Å². The SMILES string of the molecule is CC(C)C(=O)ON1NNc2cccnc21.CC(C)OC(=O)ON1CC2C3C=CC(C3)C2C1=O.CC(C)OC(=O)ON1N=NC2C=CC=NC21.CC(C)OC(=O)ON1NNc2ccccc2C1=O.CC(C)OC(=O)Oc1c(F)c(F)c(F)c(F)c1F.CC(C)OC(=O)On1ccccc1=O.CC(C)OC(=O)On1nnc2c(c1=O)CCCC2.CC(C)OC(=O)On1nnc2ccccc2c1=O. The summed E-state index contributed by atoms with van der Waals surface area (Å²) in [6, 6.07) is 21.3. The number of dihydropyridines is 1. The molecule has 3 aliphatic carbocycles. The van der Waals surface area contributed by atoms with Gasteiger partial charge in [0.15, 0.2) is 0 Å². The fraction of sp³-hybridized carbons (Fsp3) is 0.434. The van der Waals surface area contributed by atoms with Crippen molar-refractivity contribution in [3.63, 3.8) is 0 Å². The van der Waals surface area contributed by atoms with E-state index in [0.29, 0.717) is 84.8 Å². The van der Waals surface area contributed by atoms with Gasteiger partial charge < -0.3 is 53.0 Å². The number of aryl methyl sites for hydroxylation is 1. The van der Waals surface area contributed by atoms with Crippen molar-refractivity contribution < 1.29 is 142 Å². The van der Waals surface area contributed by atoms with E-state index in [4.69, 9.17) is 47.9 Å². The molecule has 47 nitrogen and oxygen atoms in total. The topological polar surface area (TPSA) is 538 Å². The van der Waals surface area contributed by atoms with E-state index >= 15 is 0 Å². The van der Waals surface area contributed by atoms with Crippen LogP contribution in [0.4, 0.5) is 72.7 Å². The van der Waals surface area contributed by atoms with E-state index in [0.717, 1.165) is 41.3 Å². The lowest BCUT2D eigenvalue weighted by atomic mass is 9.86. The summed E-state index contributed by atoms with van der Waals surface area (Å²) in [6.07, 6.45) is 7.07. The summed E-state index contributed by atoms with van der Waals surface area (Å²) in [5.74, 6) is -12.3. The smallest absolute Gasteiger partial charge is 0.431 e. The first kappa shape index (κ1) is 105. The predicted octanol–water partition coefficient (Wildman–Crippen LogP) is 10.9. The molecule has 0 radical (unpaired) electrons. The second kappa shape index (κ2) is 49.6. The first-order chi connectivity index (χ1) is 64.0. The number of anilines is 3. The Bertz CT molecular complexity index is 5660. The number of carbonyl (C=O) groups excluding carboxylic acids is 10. The van der Waals surface area contributed by atoms with Crippen molar-refractivity contribution >= 4 is 95.2 Å². The number of ether oxygens (including phenoxy) is 8. The highest BCUT2D eigenvalue weighted by atomic mass is 19.2. The first-order valence-corrected chi connectivity index (χ1v) is 41.5. The molecule has 7 aromatic rings. The maximum atomic E-state index is 13.0. The molecule has 2 amide bonds. The zero-order chi connectivity index (χ0) is 99.2. The Hall–Kier alpha value is -15.5. The summed E-state index contributed by atoms with van der Waals surface area (Å²) >= 11 is 0. The number of aromatic nitrogens is 8. The number of amides is 2. The molecule has 1 saturated carbocycles. The lowest BCUT2D eigenvalue weighted by molar-refractivity contribution is -0.169. The number of allylic oxidation sites excluding steroid dienone is 3. The molecule has 2 bridgehead atoms. The average Bonchev–Trinajstić information content (AvgIpc) is 1.58. The molecule has 9 heterocycles. The van der Waals surface area contributed by atoms with E-state index in [-0.39, 0.29) is 66.4 Å². The van der Waals surface area contributed by atoms with E-state index in [1.165, 1.54) is 36.3 Å². The third kappa shape index (κ3) is 30.8. The minimum atomic E-state index is -2.34. The molecule has 52 heteroatoms. The van der Waals surface area contributed by atoms with Gasteiger partial charge in [-0.05, 0) is 221 Å². The highest BCUT2D eigenvalue weighted by Crippen LogP contribution is 2.52. The lowest BCUT2D eigenvalue weighted by Gasteiger charge is -2.27. The normalized spacial score (nSPS) is 17.1. The van der Waals surface area contributed by atoms with E-state index in [9.17, 15) is 84.3 Å². The second-order valence-corrected chi connectivity index (χ2v) is 31.0. The minimum Gasteiger partial charge on any atom is -0.431 e. The number of pyridine rings is 2. The predicted molar refractivity (Wildman–Crippen MR) is 454 cm³/mol. The van der Waals surface area contributed by atoms with E-state index in [2.05, 4.69) is 98.9 Å². The Morgan fingerprint density at radius 3 is 1.61 bits per heavy atom. The van der Waals surface area contributed by atoms with Gasteiger partial charge >= 0.3 is 66.1 Å². The standard InChI is InChI=1S/C13H17NO4.C11H15N3O4.C11H13N3O4.C11H11N3O4.C10H7F5O3.C9H12N4O3.C9H12N4O2.C9H11NO4/c1-7(2)17-13(16)18-14-6-10-8-3-4-9(5-8)11(10)12(14)15;3*1-7(2)17-11(16)18-14-10(15)8-5-3-4-6-9(8)12-13-14;1-3(2)17-10(16)18-9-7(14)5(12)4(11)6(13)8(9)15;1-6(2)15-9(14)16-13-8-7(11-12-13)4-3-5-10-8;1-6(2)9(14)15-13-8-7(11-12-13)4-3-5-10-8;1-7(2)13-9(12)14-10-6-4-3-5-8(10)11/h3-4,7-11H,5-6H2,1-2H3;7H,3-6H2,1-2H3;3-7,12-13H,1-2H3;3-7H,1-2H3;3H,1-2H3;3-8H,1-2H3;3-6,11-12H,1-2H3;3-7H,1-2H3. The summed E-state index contributed by atoms with van der Waals surface area (Å²) in [4.78, 5) is 191. The van der Waals surface area contributed by atoms with Gasteiger partial charge in [0.2, 0.25) is 46.8 Å². The van der Waals surface area contributed by atoms with Crippen LogP contribution in [0.5, 0.6) is 5.75 Å². The fourth-order valence-electron chi connectivity index (χ4n) is 12.1. The third-order valence-electron chi connectivity index (χ3n) is 17.7. The summed E-state index contributed by atoms with van der Waals surface area (Å²) in [5.41, 5.74) is 12.7. The van der Waals surface area contributed by atoms with Crippen LogP contribution in [0.3, 0.4) is 0 Å². The van der Waals surface area contributed by atoms with Crippen LogP contribution in [0.2, 0.25) is 0 Å². The minimum absolute atomic E-state index is 0.00634. The molecule has 4 N–H and O–H groups in total. The molecule has 0 spiro atoms. The van der Waals surface area contributed by atoms with Crippen LogP contribution < -0.4 is 63.0 Å². The summed E-state index contributed by atoms with van der Waals surface area (Å²) in [6.45, 7) is 27.2. The number of nitrogens with zero attached hydrogens (tertiary/aromatic N) is 15. The van der Waals surface area contributed by atoms with Crippen molar-refractivity contribution in [2.75, 3.05) is 22.6 Å². The Morgan fingerprint density at radius 1 is 0.489 bits per heavy atom. The monoisotopic (exact) mass is 1900 g/mol. The maximum Gasteiger partial charge on any atom is 0.535 e. The number of para-hydroxylation sites is 1. The van der Waals surface area contributed by atoms with Crippen molar-refractivity contribution in [3.8, 4) is 5.75 Å². The van der Waals surface area contributed by atoms with Gasteiger partial charge in [-0.2, -0.15) is 19.0 Å². The number of halogens is 5. The quantitative estimate of drug-likeness (QED) is 0.0102. The molecule has 3 aromatic carbocycles. The molecule has 4 aromatic heterocycles. The van der Waals surface area contributed by atoms with Gasteiger partial charge in [-0.3, -0.25) is 58.6 Å². The van der Waals surface area contributed by atoms with Gasteiger partial charge in [-0.15, -0.1) is 26.0 Å². The van der Waals surface area contributed by atoms with Gasteiger partial charge in [-0.1, -0.05) is 77.9 Å². The van der Waals surface area contributed by atoms with Crippen LogP contribution in [0.1, 0.15) is 152 Å². The molecule has 15 rings (SSSR count). The Morgan fingerprint density at radius 2 is 1.00 bits per heavy atom. The van der Waals surface area contributed by atoms with Crippen LogP contribution in [0, 0.1) is 58.7 Å². The molecular formula is C83H98F5N19O28. The van der Waals surface area contributed by atoms with Gasteiger partial charge in [-0.25, -0.2) is 56.5 Å². The lowest BCUT2D eigenvalue weighted by Crippen LogP contribution is -2.50. The summed E-state index contributed by atoms with van der Waals surface area (Å²) in [7, 11) is 0. The molecule has 1 saturated heterocycles. The summed E-state index contributed by atoms with van der Waals surface area (Å²) in [5, 5.41) is 26.7. The number of hydroxylamine groups is 4. The number of hydrogen-bond donors (Lipinski definition) is 4. The Labute approximate surface area is 764 Å². The number of nitrogens with one attached hydrogen (secondary N) is 4. The molecule has 6 atom stereocenters. The Balaban J connectivity index is 0.000000190. The molecule has 6 unspecified atom stereocenters. The molecule has 5 aliphatic heterocycles. The Kier molecular flexibility index (Phi) is 38.5. The van der Waals surface area contributed by atoms with Crippen LogP contribution in [0.15, 0.2) is 145 Å². The molecule has 2 fully saturated rings. The van der Waals surface area contributed by atoms with Crippen LogP contribution in [0.25, 0.3) is 10.9 Å². The van der Waals surface area contributed by atoms with Gasteiger partial charge in [0.1, 0.15) is 11.6 Å². The zero-order valence-corrected chi connectivity index (χ0v) is 75.4. The zero-order valence-electron chi connectivity index (χ0n) is 75.4. The number of hydrazine groups is 4. The summed E-state index contributed by atoms with van der Waals surface area (Å²) < 4.78 is 102. The van der Waals surface area contributed by atoms with E-state index < -0.39 is 113 Å². The van der Waals surface area contributed by atoms with Crippen molar-refractivity contribution in [3.05, 3.63) is 193 Å². The van der Waals surface area contributed by atoms with Gasteiger partial charge in [0.05, 0.1) is 89.1 Å². The third-order valence-corrected chi connectivity index (χ3v) is 17.7. The van der Waals surface area contributed by atoms with Crippen molar-refractivity contribution in [2.24, 2.45) is 44.9 Å². The fourth-order valence-corrected chi connectivity index (χ4v) is 12.1. The number of rotatable bonds is 16. The number of aliphatic imine (C=N–C) groups is 1. The van der Waals surface area contributed by atoms with E-state index in [1.807, 2.05) is 12.1 Å². The largest absolute Gasteiger partial charge is 0.535 e. The van der Waals surface area contributed by atoms with Crippen molar-refractivity contribution in [2.45, 2.75) is 198 Å². The average molecular weight is 1900 g/mol. The molecule has 135 heavy (non-hydrogen) atoms. The number of carbonyl (C=O) groups is 10. The number of hydrogen-bond acceptors (Lipinski definition) is 42. The molecule has 728 valence electrons. The molecular weight excluding hydrogens is 1810 g/mol. The maximum absolute atomic E-state index is 13.0. The van der Waals surface area contributed by atoms with Crippen molar-refractivity contribution in [1.82, 2.24) is 66.5 Å².